The lowest BCUT2D eigenvalue weighted by molar-refractivity contribution is -0.137. The fourth-order valence-corrected chi connectivity index (χ4v) is 1.66. The molecule has 1 heterocycles. The third-order valence-electron chi connectivity index (χ3n) is 1.92. The quantitative estimate of drug-likeness (QED) is 0.838. The van der Waals surface area contributed by atoms with Crippen LogP contribution in [-0.2, 0) is 4.79 Å². The van der Waals surface area contributed by atoms with Crippen molar-refractivity contribution in [2.75, 3.05) is 13.1 Å². The zero-order valence-electron chi connectivity index (χ0n) is 8.97. The number of aliphatic carboxylic acids is 1. The minimum atomic E-state index is -1.08. The van der Waals surface area contributed by atoms with E-state index in [0.717, 1.165) is 4.90 Å². The molecule has 1 aromatic heterocycles. The van der Waals surface area contributed by atoms with Crippen LogP contribution >= 0.6 is 15.9 Å². The standard InChI is InChI=1S/C11H11BrN2O3/c1-2-6-14(7-9(15)16)11(17)10-8(12)4-3-5-13-10/h2-5H,1,6-7H2,(H,15,16). The summed E-state index contributed by atoms with van der Waals surface area (Å²) < 4.78 is 0.532. The van der Waals surface area contributed by atoms with Crippen molar-refractivity contribution in [1.29, 1.82) is 0 Å². The van der Waals surface area contributed by atoms with Crippen LogP contribution in [0.5, 0.6) is 0 Å². The average molecular weight is 299 g/mol. The van der Waals surface area contributed by atoms with Gasteiger partial charge in [0, 0.05) is 17.2 Å². The zero-order chi connectivity index (χ0) is 12.8. The van der Waals surface area contributed by atoms with Crippen LogP contribution < -0.4 is 0 Å². The Morgan fingerprint density at radius 2 is 2.29 bits per heavy atom. The third kappa shape index (κ3) is 3.67. The summed E-state index contributed by atoms with van der Waals surface area (Å²) in [6, 6.07) is 3.35. The molecule has 1 amide bonds. The number of carbonyl (C=O) groups excluding carboxylic acids is 1. The van der Waals surface area contributed by atoms with Crippen LogP contribution in [0.4, 0.5) is 0 Å². The minimum Gasteiger partial charge on any atom is -0.480 e. The molecule has 0 aromatic carbocycles. The molecule has 6 heteroatoms. The number of hydrogen-bond acceptors (Lipinski definition) is 3. The molecule has 0 fully saturated rings. The summed E-state index contributed by atoms with van der Waals surface area (Å²) in [5, 5.41) is 8.72. The van der Waals surface area contributed by atoms with E-state index in [2.05, 4.69) is 27.5 Å². The first-order valence-electron chi connectivity index (χ1n) is 4.78. The highest BCUT2D eigenvalue weighted by Gasteiger charge is 2.20. The Hall–Kier alpha value is -1.69. The number of hydrogen-bond donors (Lipinski definition) is 1. The van der Waals surface area contributed by atoms with Gasteiger partial charge >= 0.3 is 5.97 Å². The summed E-state index contributed by atoms with van der Waals surface area (Å²) in [4.78, 5) is 27.7. The van der Waals surface area contributed by atoms with E-state index in [4.69, 9.17) is 5.11 Å². The highest BCUT2D eigenvalue weighted by Crippen LogP contribution is 2.15. The number of carboxylic acids is 1. The normalized spacial score (nSPS) is 9.71. The van der Waals surface area contributed by atoms with Crippen LogP contribution in [0, 0.1) is 0 Å². The first-order chi connectivity index (χ1) is 8.06. The van der Waals surface area contributed by atoms with Crippen LogP contribution in [0.15, 0.2) is 35.5 Å². The number of aromatic nitrogens is 1. The van der Waals surface area contributed by atoms with Crippen LogP contribution in [0.2, 0.25) is 0 Å². The molecule has 5 nitrogen and oxygen atoms in total. The van der Waals surface area contributed by atoms with E-state index in [1.54, 1.807) is 12.1 Å². The molecule has 1 aromatic rings. The van der Waals surface area contributed by atoms with Crippen molar-refractivity contribution in [3.63, 3.8) is 0 Å². The minimum absolute atomic E-state index is 0.161. The van der Waals surface area contributed by atoms with Crippen molar-refractivity contribution in [2.24, 2.45) is 0 Å². The topological polar surface area (TPSA) is 70.5 Å². The Morgan fingerprint density at radius 1 is 1.59 bits per heavy atom. The van der Waals surface area contributed by atoms with Crippen molar-refractivity contribution in [1.82, 2.24) is 9.88 Å². The van der Waals surface area contributed by atoms with Gasteiger partial charge in [0.25, 0.3) is 5.91 Å². The maximum atomic E-state index is 12.0. The van der Waals surface area contributed by atoms with Crippen molar-refractivity contribution >= 4 is 27.8 Å². The maximum Gasteiger partial charge on any atom is 0.323 e. The monoisotopic (exact) mass is 298 g/mol. The van der Waals surface area contributed by atoms with Gasteiger partial charge in [0.2, 0.25) is 0 Å². The van der Waals surface area contributed by atoms with Gasteiger partial charge in [-0.1, -0.05) is 6.08 Å². The number of nitrogens with zero attached hydrogens (tertiary/aromatic N) is 2. The molecular weight excluding hydrogens is 288 g/mol. The van der Waals surface area contributed by atoms with Crippen LogP contribution in [0.3, 0.4) is 0 Å². The van der Waals surface area contributed by atoms with E-state index >= 15 is 0 Å². The van der Waals surface area contributed by atoms with E-state index in [-0.39, 0.29) is 18.8 Å². The number of carbonyl (C=O) groups is 2. The summed E-state index contributed by atoms with van der Waals surface area (Å²) in [6.07, 6.45) is 2.95. The molecule has 90 valence electrons. The van der Waals surface area contributed by atoms with Crippen LogP contribution in [0.1, 0.15) is 10.5 Å². The molecule has 1 N–H and O–H groups in total. The van der Waals surface area contributed by atoms with Crippen molar-refractivity contribution < 1.29 is 14.7 Å². The molecule has 17 heavy (non-hydrogen) atoms. The molecule has 0 spiro atoms. The lowest BCUT2D eigenvalue weighted by atomic mass is 10.3. The number of carboxylic acid groups (broad SMARTS) is 1. The van der Waals surface area contributed by atoms with Gasteiger partial charge in [-0.2, -0.15) is 0 Å². The van der Waals surface area contributed by atoms with Crippen molar-refractivity contribution in [3.8, 4) is 0 Å². The van der Waals surface area contributed by atoms with E-state index in [1.165, 1.54) is 12.3 Å². The molecule has 0 radical (unpaired) electrons. The maximum absolute atomic E-state index is 12.0. The highest BCUT2D eigenvalue weighted by atomic mass is 79.9. The zero-order valence-corrected chi connectivity index (χ0v) is 10.6. The number of halogens is 1. The van der Waals surface area contributed by atoms with Crippen molar-refractivity contribution in [2.45, 2.75) is 0 Å². The van der Waals surface area contributed by atoms with Gasteiger partial charge in [0.05, 0.1) is 0 Å². The van der Waals surface area contributed by atoms with Gasteiger partial charge in [0.1, 0.15) is 12.2 Å². The summed E-state index contributed by atoms with van der Waals surface area (Å²) in [7, 11) is 0. The lowest BCUT2D eigenvalue weighted by Crippen LogP contribution is -2.36. The molecule has 0 saturated carbocycles. The second-order valence-corrected chi connectivity index (χ2v) is 4.06. The molecule has 0 aliphatic heterocycles. The molecule has 1 rings (SSSR count). The SMILES string of the molecule is C=CCN(CC(=O)O)C(=O)c1ncccc1Br. The summed E-state index contributed by atoms with van der Waals surface area (Å²) in [5.41, 5.74) is 0.190. The van der Waals surface area contributed by atoms with Gasteiger partial charge in [-0.05, 0) is 28.1 Å². The predicted octanol–water partition coefficient (Wildman–Crippen LogP) is 1.56. The molecule has 0 unspecified atom stereocenters. The van der Waals surface area contributed by atoms with Gasteiger partial charge < -0.3 is 10.0 Å². The Labute approximate surface area is 107 Å². The number of pyridine rings is 1. The smallest absolute Gasteiger partial charge is 0.323 e. The Kier molecular flexibility index (Phi) is 4.84. The first kappa shape index (κ1) is 13.4. The lowest BCUT2D eigenvalue weighted by Gasteiger charge is -2.18. The molecule has 0 aliphatic carbocycles. The van der Waals surface area contributed by atoms with E-state index in [9.17, 15) is 9.59 Å². The average Bonchev–Trinajstić information content (AvgIpc) is 2.28. The van der Waals surface area contributed by atoms with Gasteiger partial charge in [0.15, 0.2) is 0 Å². The first-order valence-corrected chi connectivity index (χ1v) is 5.58. The second-order valence-electron chi connectivity index (χ2n) is 3.20. The fourth-order valence-electron chi connectivity index (χ4n) is 1.23. The van der Waals surface area contributed by atoms with Gasteiger partial charge in [-0.3, -0.25) is 9.59 Å². The summed E-state index contributed by atoms with van der Waals surface area (Å²) in [6.45, 7) is 3.27. The second kappa shape index (κ2) is 6.15. The van der Waals surface area contributed by atoms with E-state index in [0.29, 0.717) is 4.47 Å². The van der Waals surface area contributed by atoms with Crippen LogP contribution in [0.25, 0.3) is 0 Å². The van der Waals surface area contributed by atoms with Gasteiger partial charge in [-0.15, -0.1) is 6.58 Å². The largest absolute Gasteiger partial charge is 0.480 e. The fraction of sp³-hybridized carbons (Fsp3) is 0.182. The molecule has 0 atom stereocenters. The molecule has 0 bridgehead atoms. The molecule has 0 aliphatic rings. The Balaban J connectivity index is 2.95. The Morgan fingerprint density at radius 3 is 2.82 bits per heavy atom. The highest BCUT2D eigenvalue weighted by molar-refractivity contribution is 9.10. The summed E-state index contributed by atoms with van der Waals surface area (Å²) >= 11 is 3.20. The predicted molar refractivity (Wildman–Crippen MR) is 65.7 cm³/mol. The Bertz CT molecular complexity index is 448. The number of amides is 1. The van der Waals surface area contributed by atoms with Crippen LogP contribution in [-0.4, -0.2) is 40.0 Å². The van der Waals surface area contributed by atoms with Gasteiger partial charge in [-0.25, -0.2) is 4.98 Å². The van der Waals surface area contributed by atoms with E-state index in [1.807, 2.05) is 0 Å². The van der Waals surface area contributed by atoms with E-state index < -0.39 is 11.9 Å². The third-order valence-corrected chi connectivity index (χ3v) is 2.56. The number of rotatable bonds is 5. The molecular formula is C11H11BrN2O3. The molecule has 0 saturated heterocycles. The summed E-state index contributed by atoms with van der Waals surface area (Å²) in [5.74, 6) is -1.52. The van der Waals surface area contributed by atoms with Crippen molar-refractivity contribution in [3.05, 3.63) is 41.2 Å².